The number of likely N-dealkylation sites (tertiary alicyclic amines) is 1. The Kier molecular flexibility index (Phi) is 3.70. The number of carboxylic acids is 1. The van der Waals surface area contributed by atoms with Gasteiger partial charge in [-0.3, -0.25) is 9.59 Å². The summed E-state index contributed by atoms with van der Waals surface area (Å²) in [7, 11) is 0. The molecule has 21 heavy (non-hydrogen) atoms. The molecule has 1 saturated carbocycles. The predicted molar refractivity (Wildman–Crippen MR) is 79.0 cm³/mol. The minimum Gasteiger partial charge on any atom is -0.481 e. The molecule has 0 radical (unpaired) electrons. The van der Waals surface area contributed by atoms with Crippen LogP contribution in [0.3, 0.4) is 0 Å². The van der Waals surface area contributed by atoms with Crippen LogP contribution in [0.15, 0.2) is 24.3 Å². The topological polar surface area (TPSA) is 57.6 Å². The summed E-state index contributed by atoms with van der Waals surface area (Å²) >= 11 is 0. The quantitative estimate of drug-likeness (QED) is 0.929. The first-order valence-electron chi connectivity index (χ1n) is 7.65. The summed E-state index contributed by atoms with van der Waals surface area (Å²) in [5, 5.41) is 9.00. The third-order valence-electron chi connectivity index (χ3n) is 4.85. The lowest BCUT2D eigenvalue weighted by Crippen LogP contribution is -2.41. The Morgan fingerprint density at radius 1 is 1.19 bits per heavy atom. The van der Waals surface area contributed by atoms with Crippen LogP contribution < -0.4 is 0 Å². The number of hydrogen-bond donors (Lipinski definition) is 1. The molecular formula is C17H21NO3. The van der Waals surface area contributed by atoms with Crippen molar-refractivity contribution in [3.63, 3.8) is 0 Å². The molecule has 1 heterocycles. The SMILES string of the molecule is Cc1ccccc1[C@H]1C[C@H]1C(=O)N1CCC(C(=O)O)CC1. The molecule has 1 amide bonds. The molecule has 2 fully saturated rings. The van der Waals surface area contributed by atoms with E-state index in [2.05, 4.69) is 19.1 Å². The van der Waals surface area contributed by atoms with Crippen LogP contribution in [0.1, 0.15) is 36.3 Å². The molecule has 1 N–H and O–H groups in total. The van der Waals surface area contributed by atoms with Crippen molar-refractivity contribution in [3.05, 3.63) is 35.4 Å². The van der Waals surface area contributed by atoms with E-state index in [0.717, 1.165) is 6.42 Å². The zero-order valence-corrected chi connectivity index (χ0v) is 12.3. The van der Waals surface area contributed by atoms with Gasteiger partial charge in [-0.25, -0.2) is 0 Å². The molecule has 0 aromatic heterocycles. The van der Waals surface area contributed by atoms with Crippen molar-refractivity contribution < 1.29 is 14.7 Å². The van der Waals surface area contributed by atoms with Crippen LogP contribution in [-0.2, 0) is 9.59 Å². The second-order valence-electron chi connectivity index (χ2n) is 6.24. The number of benzene rings is 1. The highest BCUT2D eigenvalue weighted by Crippen LogP contribution is 2.49. The zero-order chi connectivity index (χ0) is 15.0. The first-order valence-corrected chi connectivity index (χ1v) is 7.65. The zero-order valence-electron chi connectivity index (χ0n) is 12.3. The third-order valence-corrected chi connectivity index (χ3v) is 4.85. The van der Waals surface area contributed by atoms with Crippen LogP contribution >= 0.6 is 0 Å². The Morgan fingerprint density at radius 3 is 2.48 bits per heavy atom. The van der Waals surface area contributed by atoms with E-state index in [-0.39, 0.29) is 17.7 Å². The van der Waals surface area contributed by atoms with Crippen LogP contribution in [-0.4, -0.2) is 35.0 Å². The van der Waals surface area contributed by atoms with Gasteiger partial charge in [-0.2, -0.15) is 0 Å². The first kappa shape index (κ1) is 14.1. The van der Waals surface area contributed by atoms with Crippen LogP contribution in [0.2, 0.25) is 0 Å². The third kappa shape index (κ3) is 2.80. The molecule has 1 aromatic carbocycles. The van der Waals surface area contributed by atoms with Gasteiger partial charge < -0.3 is 10.0 Å². The van der Waals surface area contributed by atoms with E-state index in [9.17, 15) is 9.59 Å². The van der Waals surface area contributed by atoms with E-state index in [4.69, 9.17) is 5.11 Å². The summed E-state index contributed by atoms with van der Waals surface area (Å²) in [6.07, 6.45) is 2.11. The largest absolute Gasteiger partial charge is 0.481 e. The minimum absolute atomic E-state index is 0.104. The Labute approximate surface area is 124 Å². The van der Waals surface area contributed by atoms with Crippen molar-refractivity contribution in [2.75, 3.05) is 13.1 Å². The molecule has 3 rings (SSSR count). The number of aliphatic carboxylic acids is 1. The molecule has 1 aliphatic heterocycles. The van der Waals surface area contributed by atoms with E-state index < -0.39 is 5.97 Å². The van der Waals surface area contributed by atoms with Crippen molar-refractivity contribution in [1.29, 1.82) is 0 Å². The second-order valence-corrected chi connectivity index (χ2v) is 6.24. The van der Waals surface area contributed by atoms with E-state index >= 15 is 0 Å². The number of rotatable bonds is 3. The van der Waals surface area contributed by atoms with Crippen LogP contribution in [0, 0.1) is 18.8 Å². The summed E-state index contributed by atoms with van der Waals surface area (Å²) in [4.78, 5) is 25.3. The van der Waals surface area contributed by atoms with Gasteiger partial charge >= 0.3 is 5.97 Å². The Balaban J connectivity index is 1.59. The number of carboxylic acid groups (broad SMARTS) is 1. The molecular weight excluding hydrogens is 266 g/mol. The molecule has 0 unspecified atom stereocenters. The van der Waals surface area contributed by atoms with Gasteiger partial charge in [-0.05, 0) is 43.2 Å². The van der Waals surface area contributed by atoms with Gasteiger partial charge in [0.2, 0.25) is 5.91 Å². The van der Waals surface area contributed by atoms with Crippen molar-refractivity contribution >= 4 is 11.9 Å². The van der Waals surface area contributed by atoms with Gasteiger partial charge in [0.25, 0.3) is 0 Å². The lowest BCUT2D eigenvalue weighted by atomic mass is 9.96. The van der Waals surface area contributed by atoms with Crippen molar-refractivity contribution in [3.8, 4) is 0 Å². The van der Waals surface area contributed by atoms with Gasteiger partial charge in [-0.15, -0.1) is 0 Å². The molecule has 0 spiro atoms. The average molecular weight is 287 g/mol. The molecule has 4 nitrogen and oxygen atoms in total. The number of carbonyl (C=O) groups excluding carboxylic acids is 1. The van der Waals surface area contributed by atoms with Crippen LogP contribution in [0.25, 0.3) is 0 Å². The monoisotopic (exact) mass is 287 g/mol. The number of hydrogen-bond acceptors (Lipinski definition) is 2. The second kappa shape index (κ2) is 5.51. The predicted octanol–water partition coefficient (Wildman–Crippen LogP) is 2.42. The Bertz CT molecular complexity index is 561. The molecule has 1 aliphatic carbocycles. The Morgan fingerprint density at radius 2 is 1.86 bits per heavy atom. The van der Waals surface area contributed by atoms with Gasteiger partial charge in [0.05, 0.1) is 5.92 Å². The van der Waals surface area contributed by atoms with E-state index in [0.29, 0.717) is 31.8 Å². The highest BCUT2D eigenvalue weighted by molar-refractivity contribution is 5.83. The number of nitrogens with zero attached hydrogens (tertiary/aromatic N) is 1. The van der Waals surface area contributed by atoms with Crippen molar-refractivity contribution in [2.45, 2.75) is 32.1 Å². The standard InChI is InChI=1S/C17H21NO3/c1-11-4-2-3-5-13(11)14-10-15(14)16(19)18-8-6-12(7-9-18)17(20)21/h2-5,12,14-15H,6-10H2,1H3,(H,20,21)/t14-,15-/m1/s1. The normalized spacial score (nSPS) is 25.7. The molecule has 4 heteroatoms. The van der Waals surface area contributed by atoms with Crippen molar-refractivity contribution in [2.24, 2.45) is 11.8 Å². The first-order chi connectivity index (χ1) is 10.1. The minimum atomic E-state index is -0.730. The maximum absolute atomic E-state index is 12.5. The van der Waals surface area contributed by atoms with Crippen LogP contribution in [0.5, 0.6) is 0 Å². The van der Waals surface area contributed by atoms with Gasteiger partial charge in [-0.1, -0.05) is 24.3 Å². The maximum Gasteiger partial charge on any atom is 0.306 e. The van der Waals surface area contributed by atoms with Gasteiger partial charge in [0, 0.05) is 19.0 Å². The summed E-state index contributed by atoms with van der Waals surface area (Å²) < 4.78 is 0. The average Bonchev–Trinajstić information content (AvgIpc) is 3.27. The number of carbonyl (C=O) groups is 2. The molecule has 0 bridgehead atoms. The molecule has 2 aliphatic rings. The molecule has 1 aromatic rings. The Hall–Kier alpha value is -1.84. The lowest BCUT2D eigenvalue weighted by molar-refractivity contribution is -0.146. The fourth-order valence-electron chi connectivity index (χ4n) is 3.40. The smallest absolute Gasteiger partial charge is 0.306 e. The summed E-state index contributed by atoms with van der Waals surface area (Å²) in [6.45, 7) is 3.27. The fourth-order valence-corrected chi connectivity index (χ4v) is 3.40. The maximum atomic E-state index is 12.5. The summed E-state index contributed by atoms with van der Waals surface area (Å²) in [6, 6.07) is 8.26. The summed E-state index contributed by atoms with van der Waals surface area (Å²) in [5.41, 5.74) is 2.54. The highest BCUT2D eigenvalue weighted by Gasteiger charge is 2.46. The molecule has 2 atom stereocenters. The van der Waals surface area contributed by atoms with E-state index in [1.165, 1.54) is 11.1 Å². The molecule has 1 saturated heterocycles. The summed E-state index contributed by atoms with van der Waals surface area (Å²) in [5.74, 6) is -0.331. The van der Waals surface area contributed by atoms with Crippen molar-refractivity contribution in [1.82, 2.24) is 4.90 Å². The lowest BCUT2D eigenvalue weighted by Gasteiger charge is -2.30. The van der Waals surface area contributed by atoms with Gasteiger partial charge in [0.15, 0.2) is 0 Å². The molecule has 112 valence electrons. The number of piperidine rings is 1. The number of aryl methyl sites for hydroxylation is 1. The van der Waals surface area contributed by atoms with E-state index in [1.807, 2.05) is 17.0 Å². The number of amides is 1. The van der Waals surface area contributed by atoms with Gasteiger partial charge in [0.1, 0.15) is 0 Å². The van der Waals surface area contributed by atoms with E-state index in [1.54, 1.807) is 0 Å². The fraction of sp³-hybridized carbons (Fsp3) is 0.529. The highest BCUT2D eigenvalue weighted by atomic mass is 16.4. The van der Waals surface area contributed by atoms with Crippen LogP contribution in [0.4, 0.5) is 0 Å².